The van der Waals surface area contributed by atoms with Gasteiger partial charge in [0.1, 0.15) is 0 Å². The van der Waals surface area contributed by atoms with Gasteiger partial charge in [-0.25, -0.2) is 9.78 Å². The monoisotopic (exact) mass is 378 g/mol. The minimum Gasteiger partial charge on any atom is -0.451 e. The number of hydrogen-bond acceptors (Lipinski definition) is 4. The summed E-state index contributed by atoms with van der Waals surface area (Å²) in [5, 5.41) is 2.96. The number of carbonyl (C=O) groups excluding carboxylic acids is 2. The highest BCUT2D eigenvalue weighted by molar-refractivity contribution is 6.48. The van der Waals surface area contributed by atoms with Crippen LogP contribution in [0.5, 0.6) is 0 Å². The van der Waals surface area contributed by atoms with Crippen molar-refractivity contribution in [3.63, 3.8) is 0 Å². The fourth-order valence-corrected chi connectivity index (χ4v) is 3.12. The summed E-state index contributed by atoms with van der Waals surface area (Å²) in [7, 11) is 0. The van der Waals surface area contributed by atoms with Crippen LogP contribution in [0.15, 0.2) is 6.20 Å². The summed E-state index contributed by atoms with van der Waals surface area (Å²) in [5.74, 6) is -0.733. The molecule has 1 aliphatic rings. The quantitative estimate of drug-likeness (QED) is 0.806. The van der Waals surface area contributed by atoms with E-state index in [2.05, 4.69) is 17.2 Å². The van der Waals surface area contributed by atoms with E-state index in [9.17, 15) is 9.59 Å². The molecule has 1 aliphatic carbocycles. The van der Waals surface area contributed by atoms with E-state index in [1.54, 1.807) is 0 Å². The molecule has 2 atom stereocenters. The van der Waals surface area contributed by atoms with Crippen LogP contribution in [0.3, 0.4) is 0 Å². The highest BCUT2D eigenvalue weighted by Crippen LogP contribution is 2.31. The van der Waals surface area contributed by atoms with Crippen molar-refractivity contribution in [3.05, 3.63) is 27.0 Å². The maximum Gasteiger partial charge on any atom is 0.359 e. The van der Waals surface area contributed by atoms with Gasteiger partial charge >= 0.3 is 5.97 Å². The van der Waals surface area contributed by atoms with Crippen molar-refractivity contribution < 1.29 is 14.3 Å². The Labute approximate surface area is 149 Å². The molecule has 1 saturated carbocycles. The number of nitrogens with zero attached hydrogens (tertiary/aromatic N) is 1. The largest absolute Gasteiger partial charge is 0.451 e. The zero-order valence-corrected chi connectivity index (χ0v) is 14.8. The van der Waals surface area contributed by atoms with E-state index in [1.807, 2.05) is 0 Å². The maximum absolute atomic E-state index is 11.9. The van der Waals surface area contributed by atoms with E-state index in [4.69, 9.17) is 39.5 Å². The lowest BCUT2D eigenvalue weighted by Crippen LogP contribution is -2.42. The third-order valence-corrected chi connectivity index (χ3v) is 5.14. The van der Waals surface area contributed by atoms with Gasteiger partial charge in [-0.2, -0.15) is 0 Å². The van der Waals surface area contributed by atoms with Crippen molar-refractivity contribution in [1.29, 1.82) is 0 Å². The molecule has 0 unspecified atom stereocenters. The Morgan fingerprint density at radius 2 is 1.96 bits per heavy atom. The number of ether oxygens (including phenoxy) is 1. The molecule has 0 aromatic carbocycles. The lowest BCUT2D eigenvalue weighted by atomic mass is 9.86. The van der Waals surface area contributed by atoms with E-state index in [0.717, 1.165) is 19.3 Å². The van der Waals surface area contributed by atoms with Crippen LogP contribution in [0.2, 0.25) is 15.1 Å². The van der Waals surface area contributed by atoms with E-state index >= 15 is 0 Å². The second kappa shape index (κ2) is 8.18. The van der Waals surface area contributed by atoms with Crippen LogP contribution in [0.1, 0.15) is 43.1 Å². The first-order chi connectivity index (χ1) is 10.9. The lowest BCUT2D eigenvalue weighted by molar-refractivity contribution is -0.125. The van der Waals surface area contributed by atoms with Gasteiger partial charge in [0.05, 0.1) is 15.1 Å². The molecule has 1 aromatic rings. The number of amides is 1. The Kier molecular flexibility index (Phi) is 6.50. The number of aromatic nitrogens is 1. The van der Waals surface area contributed by atoms with Crippen LogP contribution in [-0.2, 0) is 9.53 Å². The van der Waals surface area contributed by atoms with E-state index in [1.165, 1.54) is 12.6 Å². The smallest absolute Gasteiger partial charge is 0.359 e. The second-order valence-corrected chi connectivity index (χ2v) is 6.76. The summed E-state index contributed by atoms with van der Waals surface area (Å²) in [6, 6.07) is 0.127. The van der Waals surface area contributed by atoms with Gasteiger partial charge in [0.2, 0.25) is 0 Å². The average molecular weight is 380 g/mol. The Bertz CT molecular complexity index is 610. The zero-order chi connectivity index (χ0) is 17.0. The zero-order valence-electron chi connectivity index (χ0n) is 12.6. The molecule has 0 aliphatic heterocycles. The molecule has 2 rings (SSSR count). The predicted molar refractivity (Wildman–Crippen MR) is 89.1 cm³/mol. The van der Waals surface area contributed by atoms with Gasteiger partial charge < -0.3 is 10.1 Å². The number of hydrogen-bond donors (Lipinski definition) is 1. The van der Waals surface area contributed by atoms with Gasteiger partial charge in [-0.05, 0) is 18.8 Å². The molecule has 126 valence electrons. The Morgan fingerprint density at radius 1 is 1.26 bits per heavy atom. The number of rotatable bonds is 4. The summed E-state index contributed by atoms with van der Waals surface area (Å²) in [6.07, 6.45) is 5.52. The molecular formula is C15H17Cl3N2O3. The molecule has 8 heteroatoms. The molecule has 1 aromatic heterocycles. The number of nitrogens with one attached hydrogen (secondary N) is 1. The van der Waals surface area contributed by atoms with Crippen LogP contribution in [0.25, 0.3) is 0 Å². The fourth-order valence-electron chi connectivity index (χ4n) is 2.56. The third-order valence-electron chi connectivity index (χ3n) is 3.90. The molecular weight excluding hydrogens is 363 g/mol. The Balaban J connectivity index is 1.89. The van der Waals surface area contributed by atoms with Crippen molar-refractivity contribution in [2.24, 2.45) is 5.92 Å². The summed E-state index contributed by atoms with van der Waals surface area (Å²) in [4.78, 5) is 27.6. The van der Waals surface area contributed by atoms with Gasteiger partial charge in [0.25, 0.3) is 5.91 Å². The van der Waals surface area contributed by atoms with Crippen molar-refractivity contribution in [3.8, 4) is 0 Å². The summed E-state index contributed by atoms with van der Waals surface area (Å²) in [6.45, 7) is 1.72. The average Bonchev–Trinajstić information content (AvgIpc) is 2.53. The van der Waals surface area contributed by atoms with E-state index < -0.39 is 5.97 Å². The molecule has 0 bridgehead atoms. The number of halogens is 3. The van der Waals surface area contributed by atoms with Crippen molar-refractivity contribution >= 4 is 46.7 Å². The summed E-state index contributed by atoms with van der Waals surface area (Å²) >= 11 is 17.5. The van der Waals surface area contributed by atoms with Crippen molar-refractivity contribution in [1.82, 2.24) is 10.3 Å². The first kappa shape index (κ1) is 18.3. The third kappa shape index (κ3) is 4.72. The van der Waals surface area contributed by atoms with Crippen LogP contribution < -0.4 is 5.32 Å². The van der Waals surface area contributed by atoms with E-state index in [-0.39, 0.29) is 39.3 Å². The molecule has 1 amide bonds. The van der Waals surface area contributed by atoms with Crippen molar-refractivity contribution in [2.45, 2.75) is 38.6 Å². The predicted octanol–water partition coefficient (Wildman–Crippen LogP) is 3.89. The van der Waals surface area contributed by atoms with Crippen LogP contribution in [-0.4, -0.2) is 29.5 Å². The van der Waals surface area contributed by atoms with Gasteiger partial charge in [0.15, 0.2) is 12.3 Å². The molecule has 1 heterocycles. The molecule has 0 radical (unpaired) electrons. The molecule has 1 N–H and O–H groups in total. The maximum atomic E-state index is 11.9. The number of pyridine rings is 1. The first-order valence-electron chi connectivity index (χ1n) is 7.36. The Morgan fingerprint density at radius 3 is 2.65 bits per heavy atom. The normalized spacial score (nSPS) is 20.9. The van der Waals surface area contributed by atoms with Gasteiger partial charge in [0, 0.05) is 12.2 Å². The molecule has 1 fully saturated rings. The summed E-state index contributed by atoms with van der Waals surface area (Å²) in [5.41, 5.74) is -0.167. The molecule has 5 nitrogen and oxygen atoms in total. The van der Waals surface area contributed by atoms with Crippen LogP contribution >= 0.6 is 34.8 Å². The topological polar surface area (TPSA) is 68.3 Å². The second-order valence-electron chi connectivity index (χ2n) is 5.59. The highest BCUT2D eigenvalue weighted by atomic mass is 35.5. The van der Waals surface area contributed by atoms with Crippen molar-refractivity contribution in [2.75, 3.05) is 6.61 Å². The molecule has 23 heavy (non-hydrogen) atoms. The standard InChI is InChI=1S/C15H17Cl3N2O3/c1-8-4-2-3-5-10(8)20-11(21)7-23-15(22)14-13(18)12(17)9(16)6-19-14/h6,8,10H,2-5,7H2,1H3,(H,20,21)/t8-,10+/m1/s1. The minimum absolute atomic E-state index is 0.0239. The molecule has 0 saturated heterocycles. The fraction of sp³-hybridized carbons (Fsp3) is 0.533. The highest BCUT2D eigenvalue weighted by Gasteiger charge is 2.24. The van der Waals surface area contributed by atoms with Gasteiger partial charge in [-0.15, -0.1) is 0 Å². The van der Waals surface area contributed by atoms with Crippen LogP contribution in [0, 0.1) is 5.92 Å². The number of carbonyl (C=O) groups is 2. The minimum atomic E-state index is -0.819. The van der Waals surface area contributed by atoms with Gasteiger partial charge in [-0.3, -0.25) is 4.79 Å². The lowest BCUT2D eigenvalue weighted by Gasteiger charge is -2.29. The number of esters is 1. The van der Waals surface area contributed by atoms with Gasteiger partial charge in [-0.1, -0.05) is 54.6 Å². The van der Waals surface area contributed by atoms with Crippen LogP contribution in [0.4, 0.5) is 0 Å². The first-order valence-corrected chi connectivity index (χ1v) is 8.49. The SMILES string of the molecule is C[C@@H]1CCCC[C@@H]1NC(=O)COC(=O)c1ncc(Cl)c(Cl)c1Cl. The summed E-state index contributed by atoms with van der Waals surface area (Å²) < 4.78 is 4.94. The Hall–Kier alpha value is -1.04. The molecule has 0 spiro atoms. The van der Waals surface area contributed by atoms with E-state index in [0.29, 0.717) is 5.92 Å².